The maximum atomic E-state index is 12.3. The summed E-state index contributed by atoms with van der Waals surface area (Å²) >= 11 is 12.2. The monoisotopic (exact) mass is 409 g/mol. The van der Waals surface area contributed by atoms with E-state index in [0.717, 1.165) is 0 Å². The molecule has 0 bridgehead atoms. The molecule has 0 saturated carbocycles. The summed E-state index contributed by atoms with van der Waals surface area (Å²) in [5, 5.41) is 3.61. The lowest BCUT2D eigenvalue weighted by molar-refractivity contribution is -0.116. The fourth-order valence-electron chi connectivity index (χ4n) is 2.40. The van der Waals surface area contributed by atoms with Crippen molar-refractivity contribution in [3.8, 4) is 0 Å². The molecule has 0 aromatic heterocycles. The summed E-state index contributed by atoms with van der Waals surface area (Å²) in [5.74, 6) is -1.61. The molecule has 0 atom stereocenters. The number of carbonyl (C=O) groups excluding carboxylic acids is 3. The van der Waals surface area contributed by atoms with E-state index in [1.807, 2.05) is 0 Å². The molecule has 27 heavy (non-hydrogen) atoms. The number of esters is 2. The van der Waals surface area contributed by atoms with Crippen LogP contribution in [0.2, 0.25) is 10.0 Å². The van der Waals surface area contributed by atoms with Crippen LogP contribution < -0.4 is 5.32 Å². The summed E-state index contributed by atoms with van der Waals surface area (Å²) in [7, 11) is 2.44. The molecule has 0 aliphatic carbocycles. The second-order valence-corrected chi connectivity index (χ2v) is 6.34. The molecule has 0 saturated heterocycles. The number of benzene rings is 2. The zero-order chi connectivity index (χ0) is 20.0. The zero-order valence-electron chi connectivity index (χ0n) is 14.7. The van der Waals surface area contributed by atoms with Crippen molar-refractivity contribution in [3.05, 3.63) is 63.1 Å². The van der Waals surface area contributed by atoms with Crippen LogP contribution in [0, 0.1) is 0 Å². The molecule has 2 aromatic carbocycles. The molecule has 0 aliphatic rings. The van der Waals surface area contributed by atoms with Crippen molar-refractivity contribution in [1.29, 1.82) is 0 Å². The van der Waals surface area contributed by atoms with E-state index >= 15 is 0 Å². The molecule has 0 radical (unpaired) electrons. The van der Waals surface area contributed by atoms with Crippen molar-refractivity contribution in [2.75, 3.05) is 19.5 Å². The minimum Gasteiger partial charge on any atom is -0.465 e. The summed E-state index contributed by atoms with van der Waals surface area (Å²) in [6.45, 7) is 0. The molecule has 6 nitrogen and oxygen atoms in total. The van der Waals surface area contributed by atoms with Crippen molar-refractivity contribution in [1.82, 2.24) is 0 Å². The maximum Gasteiger partial charge on any atom is 0.337 e. The van der Waals surface area contributed by atoms with E-state index in [1.54, 1.807) is 18.2 Å². The van der Waals surface area contributed by atoms with E-state index in [1.165, 1.54) is 32.4 Å². The first-order valence-electron chi connectivity index (χ1n) is 7.90. The van der Waals surface area contributed by atoms with Crippen LogP contribution in [0.15, 0.2) is 36.4 Å². The maximum absolute atomic E-state index is 12.3. The van der Waals surface area contributed by atoms with Gasteiger partial charge in [0.25, 0.3) is 0 Å². The molecule has 2 aromatic rings. The Balaban J connectivity index is 2.16. The molecule has 0 spiro atoms. The lowest BCUT2D eigenvalue weighted by Crippen LogP contribution is -2.14. The molecule has 142 valence electrons. The Labute approximate surface area is 166 Å². The van der Waals surface area contributed by atoms with Crippen LogP contribution in [-0.4, -0.2) is 32.1 Å². The van der Waals surface area contributed by atoms with Crippen molar-refractivity contribution in [2.24, 2.45) is 0 Å². The van der Waals surface area contributed by atoms with Gasteiger partial charge in [0, 0.05) is 22.2 Å². The highest BCUT2D eigenvalue weighted by Crippen LogP contribution is 2.25. The first-order valence-corrected chi connectivity index (χ1v) is 8.65. The summed E-state index contributed by atoms with van der Waals surface area (Å²) < 4.78 is 9.33. The lowest BCUT2D eigenvalue weighted by atomic mass is 10.1. The standard InChI is InChI=1S/C19H17Cl2NO5/c1-26-18(24)11-8-12(19(25)27-2)10-13(9-11)22-17(23)7-6-14-15(20)4-3-5-16(14)21/h3-5,8-10H,6-7H2,1-2H3,(H,22,23). The van der Waals surface area contributed by atoms with Crippen LogP contribution in [0.25, 0.3) is 0 Å². The van der Waals surface area contributed by atoms with Gasteiger partial charge in [0.05, 0.1) is 25.3 Å². The van der Waals surface area contributed by atoms with Crippen molar-refractivity contribution in [2.45, 2.75) is 12.8 Å². The second-order valence-electron chi connectivity index (χ2n) is 5.53. The molecule has 1 amide bonds. The highest BCUT2D eigenvalue weighted by molar-refractivity contribution is 6.36. The van der Waals surface area contributed by atoms with Gasteiger partial charge >= 0.3 is 11.9 Å². The van der Waals surface area contributed by atoms with E-state index in [9.17, 15) is 14.4 Å². The van der Waals surface area contributed by atoms with Gasteiger partial charge in [-0.25, -0.2) is 9.59 Å². The van der Waals surface area contributed by atoms with E-state index in [2.05, 4.69) is 14.8 Å². The van der Waals surface area contributed by atoms with E-state index in [0.29, 0.717) is 22.0 Å². The Kier molecular flexibility index (Phi) is 7.21. The molecule has 1 N–H and O–H groups in total. The Morgan fingerprint density at radius 3 is 1.93 bits per heavy atom. The number of ether oxygens (including phenoxy) is 2. The average molecular weight is 410 g/mol. The van der Waals surface area contributed by atoms with Gasteiger partial charge in [0.15, 0.2) is 0 Å². The lowest BCUT2D eigenvalue weighted by Gasteiger charge is -2.10. The van der Waals surface area contributed by atoms with Crippen molar-refractivity contribution >= 4 is 46.7 Å². The number of anilines is 1. The predicted molar refractivity (Wildman–Crippen MR) is 103 cm³/mol. The molecule has 0 heterocycles. The van der Waals surface area contributed by atoms with Gasteiger partial charge in [-0.1, -0.05) is 29.3 Å². The number of hydrogen-bond acceptors (Lipinski definition) is 5. The molecule has 0 unspecified atom stereocenters. The van der Waals surface area contributed by atoms with Crippen LogP contribution in [-0.2, 0) is 20.7 Å². The minimum absolute atomic E-state index is 0.111. The predicted octanol–water partition coefficient (Wildman–Crippen LogP) is 4.14. The quantitative estimate of drug-likeness (QED) is 0.724. The number of carbonyl (C=O) groups is 3. The van der Waals surface area contributed by atoms with Crippen LogP contribution >= 0.6 is 23.2 Å². The third-order valence-corrected chi connectivity index (χ3v) is 4.43. The number of methoxy groups -OCH3 is 2. The molecular weight excluding hydrogens is 393 g/mol. The van der Waals surface area contributed by atoms with Crippen LogP contribution in [0.1, 0.15) is 32.7 Å². The summed E-state index contributed by atoms with van der Waals surface area (Å²) in [5.41, 5.74) is 1.18. The number of nitrogens with one attached hydrogen (secondary N) is 1. The van der Waals surface area contributed by atoms with Gasteiger partial charge in [-0.2, -0.15) is 0 Å². The molecule has 2 rings (SSSR count). The van der Waals surface area contributed by atoms with E-state index in [4.69, 9.17) is 23.2 Å². The highest BCUT2D eigenvalue weighted by atomic mass is 35.5. The summed E-state index contributed by atoms with van der Waals surface area (Å²) in [4.78, 5) is 35.8. The van der Waals surface area contributed by atoms with Gasteiger partial charge in [-0.3, -0.25) is 4.79 Å². The number of hydrogen-bond donors (Lipinski definition) is 1. The van der Waals surface area contributed by atoms with Crippen LogP contribution in [0.3, 0.4) is 0 Å². The first kappa shape index (κ1) is 20.7. The topological polar surface area (TPSA) is 81.7 Å². The van der Waals surface area contributed by atoms with Crippen LogP contribution in [0.5, 0.6) is 0 Å². The Hall–Kier alpha value is -2.57. The fourth-order valence-corrected chi connectivity index (χ4v) is 2.99. The molecule has 0 aliphatic heterocycles. The largest absolute Gasteiger partial charge is 0.465 e. The Morgan fingerprint density at radius 2 is 1.44 bits per heavy atom. The number of rotatable bonds is 6. The fraction of sp³-hybridized carbons (Fsp3) is 0.211. The Bertz CT molecular complexity index is 828. The zero-order valence-corrected chi connectivity index (χ0v) is 16.2. The van der Waals surface area contributed by atoms with Crippen LogP contribution in [0.4, 0.5) is 5.69 Å². The average Bonchev–Trinajstić information content (AvgIpc) is 2.65. The van der Waals surface area contributed by atoms with Gasteiger partial charge in [0.2, 0.25) is 5.91 Å². The van der Waals surface area contributed by atoms with E-state index in [-0.39, 0.29) is 29.1 Å². The first-order chi connectivity index (χ1) is 12.8. The summed E-state index contributed by atoms with van der Waals surface area (Å²) in [6, 6.07) is 9.28. The minimum atomic E-state index is -0.640. The molecule has 8 heteroatoms. The molecular formula is C19H17Cl2NO5. The van der Waals surface area contributed by atoms with Crippen molar-refractivity contribution in [3.63, 3.8) is 0 Å². The SMILES string of the molecule is COC(=O)c1cc(NC(=O)CCc2c(Cl)cccc2Cl)cc(C(=O)OC)c1. The second kappa shape index (κ2) is 9.39. The number of halogens is 2. The van der Waals surface area contributed by atoms with Gasteiger partial charge < -0.3 is 14.8 Å². The third kappa shape index (κ3) is 5.45. The van der Waals surface area contributed by atoms with Gasteiger partial charge in [-0.15, -0.1) is 0 Å². The third-order valence-electron chi connectivity index (χ3n) is 3.72. The highest BCUT2D eigenvalue weighted by Gasteiger charge is 2.15. The smallest absolute Gasteiger partial charge is 0.337 e. The molecule has 0 fully saturated rings. The van der Waals surface area contributed by atoms with Gasteiger partial charge in [-0.05, 0) is 42.3 Å². The Morgan fingerprint density at radius 1 is 0.926 bits per heavy atom. The van der Waals surface area contributed by atoms with E-state index < -0.39 is 11.9 Å². The number of amides is 1. The van der Waals surface area contributed by atoms with Crippen molar-refractivity contribution < 1.29 is 23.9 Å². The summed E-state index contributed by atoms with van der Waals surface area (Å²) in [6.07, 6.45) is 0.449. The van der Waals surface area contributed by atoms with Gasteiger partial charge in [0.1, 0.15) is 0 Å². The normalized spacial score (nSPS) is 10.2.